The van der Waals surface area contributed by atoms with Gasteiger partial charge in [-0.3, -0.25) is 13.9 Å². The first-order chi connectivity index (χ1) is 10.5. The van der Waals surface area contributed by atoms with Crippen molar-refractivity contribution in [1.29, 1.82) is 0 Å². The van der Waals surface area contributed by atoms with Crippen molar-refractivity contribution in [3.05, 3.63) is 63.5 Å². The van der Waals surface area contributed by atoms with Gasteiger partial charge >= 0.3 is 5.69 Å². The Morgan fingerprint density at radius 2 is 1.73 bits per heavy atom. The molecule has 0 radical (unpaired) electrons. The molecule has 0 saturated heterocycles. The number of hydrogen-bond donors (Lipinski definition) is 1. The lowest BCUT2D eigenvalue weighted by Crippen LogP contribution is -2.19. The van der Waals surface area contributed by atoms with Crippen molar-refractivity contribution in [2.75, 3.05) is 5.32 Å². The molecular weight excluding hydrogens is 302 g/mol. The van der Waals surface area contributed by atoms with Gasteiger partial charge in [0.2, 0.25) is 0 Å². The van der Waals surface area contributed by atoms with Crippen LogP contribution < -0.4 is 11.0 Å². The van der Waals surface area contributed by atoms with Crippen molar-refractivity contribution >= 4 is 34.2 Å². The molecule has 5 nitrogen and oxygen atoms in total. The minimum Gasteiger partial charge on any atom is -0.321 e. The van der Waals surface area contributed by atoms with Crippen molar-refractivity contribution in [2.24, 2.45) is 14.1 Å². The third-order valence-corrected chi connectivity index (χ3v) is 3.99. The molecule has 1 amide bonds. The predicted octanol–water partition coefficient (Wildman–Crippen LogP) is 2.78. The van der Waals surface area contributed by atoms with E-state index < -0.39 is 0 Å². The number of rotatable bonds is 2. The van der Waals surface area contributed by atoms with Crippen molar-refractivity contribution < 1.29 is 4.79 Å². The number of nitrogens with zero attached hydrogens (tertiary/aromatic N) is 2. The van der Waals surface area contributed by atoms with Gasteiger partial charge in [0.25, 0.3) is 5.91 Å². The van der Waals surface area contributed by atoms with Gasteiger partial charge in [0.15, 0.2) is 0 Å². The first kappa shape index (κ1) is 14.4. The van der Waals surface area contributed by atoms with Crippen LogP contribution in [-0.4, -0.2) is 15.0 Å². The quantitative estimate of drug-likeness (QED) is 0.790. The zero-order valence-electron chi connectivity index (χ0n) is 12.1. The SMILES string of the molecule is Cn1c(=O)n(C)c2cc(C(=O)Nc3ccccc3Cl)ccc21. The van der Waals surface area contributed by atoms with E-state index in [-0.39, 0.29) is 11.6 Å². The third kappa shape index (κ3) is 2.29. The fourth-order valence-corrected chi connectivity index (χ4v) is 2.59. The van der Waals surface area contributed by atoms with Gasteiger partial charge in [-0.25, -0.2) is 4.79 Å². The molecule has 0 fully saturated rings. The third-order valence-electron chi connectivity index (χ3n) is 3.66. The van der Waals surface area contributed by atoms with Gasteiger partial charge in [0, 0.05) is 19.7 Å². The molecule has 112 valence electrons. The van der Waals surface area contributed by atoms with Crippen LogP contribution in [0.15, 0.2) is 47.3 Å². The van der Waals surface area contributed by atoms with Gasteiger partial charge in [-0.2, -0.15) is 0 Å². The van der Waals surface area contributed by atoms with Crippen LogP contribution in [0.25, 0.3) is 11.0 Å². The maximum Gasteiger partial charge on any atom is 0.328 e. The summed E-state index contributed by atoms with van der Waals surface area (Å²) in [5.41, 5.74) is 2.38. The van der Waals surface area contributed by atoms with Crippen LogP contribution in [0, 0.1) is 0 Å². The molecule has 2 aromatic carbocycles. The van der Waals surface area contributed by atoms with Gasteiger partial charge in [-0.05, 0) is 30.3 Å². The van der Waals surface area contributed by atoms with E-state index in [1.165, 1.54) is 4.57 Å². The summed E-state index contributed by atoms with van der Waals surface area (Å²) in [5.74, 6) is -0.272. The van der Waals surface area contributed by atoms with E-state index >= 15 is 0 Å². The molecule has 3 aromatic rings. The van der Waals surface area contributed by atoms with E-state index in [4.69, 9.17) is 11.6 Å². The molecule has 6 heteroatoms. The number of carbonyl (C=O) groups is 1. The molecule has 0 aliphatic rings. The Labute approximate surface area is 131 Å². The average molecular weight is 316 g/mol. The Morgan fingerprint density at radius 1 is 1.05 bits per heavy atom. The van der Waals surface area contributed by atoms with E-state index in [0.29, 0.717) is 21.8 Å². The molecule has 3 rings (SSSR count). The van der Waals surface area contributed by atoms with Crippen LogP contribution in [0.2, 0.25) is 5.02 Å². The summed E-state index contributed by atoms with van der Waals surface area (Å²) in [7, 11) is 3.38. The second kappa shape index (κ2) is 5.35. The largest absolute Gasteiger partial charge is 0.328 e. The van der Waals surface area contributed by atoms with Crippen molar-refractivity contribution in [1.82, 2.24) is 9.13 Å². The molecule has 0 aliphatic carbocycles. The van der Waals surface area contributed by atoms with Gasteiger partial charge < -0.3 is 5.32 Å². The van der Waals surface area contributed by atoms with Crippen LogP contribution in [0.4, 0.5) is 5.69 Å². The minimum atomic E-state index is -0.272. The van der Waals surface area contributed by atoms with Gasteiger partial charge in [0.05, 0.1) is 21.7 Å². The smallest absolute Gasteiger partial charge is 0.321 e. The number of carbonyl (C=O) groups excluding carboxylic acids is 1. The second-order valence-corrected chi connectivity index (χ2v) is 5.45. The lowest BCUT2D eigenvalue weighted by atomic mass is 10.1. The van der Waals surface area contributed by atoms with E-state index in [0.717, 1.165) is 5.52 Å². The van der Waals surface area contributed by atoms with E-state index in [1.807, 2.05) is 0 Å². The number of fused-ring (bicyclic) bond motifs is 1. The number of aryl methyl sites for hydroxylation is 2. The number of para-hydroxylation sites is 1. The average Bonchev–Trinajstić information content (AvgIpc) is 2.74. The summed E-state index contributed by atoms with van der Waals surface area (Å²) < 4.78 is 3.06. The van der Waals surface area contributed by atoms with Crippen LogP contribution in [-0.2, 0) is 14.1 Å². The Morgan fingerprint density at radius 3 is 2.45 bits per heavy atom. The van der Waals surface area contributed by atoms with Crippen LogP contribution in [0.3, 0.4) is 0 Å². The normalized spacial score (nSPS) is 10.9. The van der Waals surface area contributed by atoms with E-state index in [2.05, 4.69) is 5.32 Å². The molecule has 0 saturated carbocycles. The van der Waals surface area contributed by atoms with Crippen molar-refractivity contribution in [2.45, 2.75) is 0 Å². The first-order valence-corrected chi connectivity index (χ1v) is 7.08. The number of hydrogen-bond acceptors (Lipinski definition) is 2. The molecule has 0 spiro atoms. The van der Waals surface area contributed by atoms with E-state index in [1.54, 1.807) is 61.1 Å². The number of benzene rings is 2. The number of anilines is 1. The highest BCUT2D eigenvalue weighted by Crippen LogP contribution is 2.22. The Kier molecular flexibility index (Phi) is 3.50. The standard InChI is InChI=1S/C16H14ClN3O2/c1-19-13-8-7-10(9-14(13)20(2)16(19)22)15(21)18-12-6-4-3-5-11(12)17/h3-9H,1-2H3,(H,18,21). The minimum absolute atomic E-state index is 0.126. The van der Waals surface area contributed by atoms with Crippen LogP contribution in [0.5, 0.6) is 0 Å². The summed E-state index contributed by atoms with van der Waals surface area (Å²) in [4.78, 5) is 24.3. The highest BCUT2D eigenvalue weighted by molar-refractivity contribution is 6.33. The topological polar surface area (TPSA) is 56.0 Å². The Balaban J connectivity index is 2.00. The number of aromatic nitrogens is 2. The zero-order valence-corrected chi connectivity index (χ0v) is 12.9. The van der Waals surface area contributed by atoms with Crippen LogP contribution in [0.1, 0.15) is 10.4 Å². The molecule has 1 aromatic heterocycles. The Bertz CT molecular complexity index is 940. The highest BCUT2D eigenvalue weighted by atomic mass is 35.5. The fraction of sp³-hybridized carbons (Fsp3) is 0.125. The summed E-state index contributed by atoms with van der Waals surface area (Å²) in [5, 5.41) is 3.24. The maximum atomic E-state index is 12.3. The molecule has 0 unspecified atom stereocenters. The summed E-state index contributed by atoms with van der Waals surface area (Å²) in [6.07, 6.45) is 0. The molecule has 0 aliphatic heterocycles. The van der Waals surface area contributed by atoms with Crippen molar-refractivity contribution in [3.8, 4) is 0 Å². The number of halogens is 1. The molecule has 0 bridgehead atoms. The highest BCUT2D eigenvalue weighted by Gasteiger charge is 2.12. The molecule has 0 atom stereocenters. The summed E-state index contributed by atoms with van der Waals surface area (Å²) in [6, 6.07) is 12.2. The van der Waals surface area contributed by atoms with Gasteiger partial charge in [-0.1, -0.05) is 23.7 Å². The second-order valence-electron chi connectivity index (χ2n) is 5.04. The fourth-order valence-electron chi connectivity index (χ4n) is 2.41. The van der Waals surface area contributed by atoms with Crippen LogP contribution >= 0.6 is 11.6 Å². The monoisotopic (exact) mass is 315 g/mol. The first-order valence-electron chi connectivity index (χ1n) is 6.70. The number of amides is 1. The lowest BCUT2D eigenvalue weighted by Gasteiger charge is -2.07. The zero-order chi connectivity index (χ0) is 15.9. The number of imidazole rings is 1. The molecule has 1 heterocycles. The van der Waals surface area contributed by atoms with Gasteiger partial charge in [-0.15, -0.1) is 0 Å². The predicted molar refractivity (Wildman–Crippen MR) is 87.6 cm³/mol. The Hall–Kier alpha value is -2.53. The number of nitrogens with one attached hydrogen (secondary N) is 1. The van der Waals surface area contributed by atoms with Crippen molar-refractivity contribution in [3.63, 3.8) is 0 Å². The van der Waals surface area contributed by atoms with Gasteiger partial charge in [0.1, 0.15) is 0 Å². The lowest BCUT2D eigenvalue weighted by molar-refractivity contribution is 0.102. The molecule has 22 heavy (non-hydrogen) atoms. The molecular formula is C16H14ClN3O2. The maximum absolute atomic E-state index is 12.3. The van der Waals surface area contributed by atoms with E-state index in [9.17, 15) is 9.59 Å². The summed E-state index contributed by atoms with van der Waals surface area (Å²) >= 11 is 6.04. The molecule has 1 N–H and O–H groups in total. The summed E-state index contributed by atoms with van der Waals surface area (Å²) in [6.45, 7) is 0.